The van der Waals surface area contributed by atoms with E-state index in [2.05, 4.69) is 29.4 Å². The molecule has 37 heavy (non-hydrogen) atoms. The van der Waals surface area contributed by atoms with Crippen LogP contribution in [0.4, 0.5) is 5.13 Å². The molecule has 1 saturated carbocycles. The Bertz CT molecular complexity index is 1220. The van der Waals surface area contributed by atoms with Gasteiger partial charge in [0.05, 0.1) is 24.5 Å². The third kappa shape index (κ3) is 5.27. The summed E-state index contributed by atoms with van der Waals surface area (Å²) in [6, 6.07) is 5.85. The number of aliphatic hydroxyl groups excluding tert-OH is 1. The van der Waals surface area contributed by atoms with E-state index in [1.165, 1.54) is 30.4 Å². The lowest BCUT2D eigenvalue weighted by molar-refractivity contribution is 0.0760. The number of aryl methyl sites for hydroxylation is 1. The van der Waals surface area contributed by atoms with Gasteiger partial charge >= 0.3 is 0 Å². The van der Waals surface area contributed by atoms with Crippen molar-refractivity contribution in [2.24, 2.45) is 11.8 Å². The average Bonchev–Trinajstić information content (AvgIpc) is 3.63. The molecule has 1 aromatic carbocycles. The number of anilines is 1. The van der Waals surface area contributed by atoms with Gasteiger partial charge in [0.2, 0.25) is 0 Å². The maximum absolute atomic E-state index is 12.8. The number of hydrogen-bond acceptors (Lipinski definition) is 6. The Kier molecular flexibility index (Phi) is 6.95. The van der Waals surface area contributed by atoms with Gasteiger partial charge in [-0.3, -0.25) is 4.79 Å². The maximum atomic E-state index is 12.8. The summed E-state index contributed by atoms with van der Waals surface area (Å²) >= 11 is 1.76. The first kappa shape index (κ1) is 24.8. The topological polar surface area (TPSA) is 65.9 Å². The Morgan fingerprint density at radius 3 is 2.70 bits per heavy atom. The minimum Gasteiger partial charge on any atom is -0.391 e. The number of β-amino-alcohol motifs (C(OH)–C–C–N with tert-alkyl or cyclic N) is 1. The van der Waals surface area contributed by atoms with E-state index in [0.29, 0.717) is 31.7 Å². The second-order valence-electron chi connectivity index (χ2n) is 11.4. The van der Waals surface area contributed by atoms with Crippen LogP contribution in [0.25, 0.3) is 5.57 Å². The van der Waals surface area contributed by atoms with Gasteiger partial charge in [0.25, 0.3) is 5.91 Å². The molecule has 1 N–H and O–H groups in total. The van der Waals surface area contributed by atoms with Crippen LogP contribution in [0.15, 0.2) is 41.3 Å². The maximum Gasteiger partial charge on any atom is 0.253 e. The van der Waals surface area contributed by atoms with Crippen LogP contribution in [0.2, 0.25) is 0 Å². The van der Waals surface area contributed by atoms with Gasteiger partial charge in [-0.15, -0.1) is 11.3 Å². The fourth-order valence-electron chi connectivity index (χ4n) is 6.41. The summed E-state index contributed by atoms with van der Waals surface area (Å²) in [5, 5.41) is 13.1. The molecule has 0 radical (unpaired) electrons. The Morgan fingerprint density at radius 1 is 1.16 bits per heavy atom. The van der Waals surface area contributed by atoms with Gasteiger partial charge in [-0.05, 0) is 81.0 Å². The number of ether oxygens (including phenoxy) is 1. The molecule has 2 aliphatic heterocycles. The number of fused-ring (bicyclic) bond motifs is 2. The van der Waals surface area contributed by atoms with Gasteiger partial charge in [0.1, 0.15) is 0 Å². The molecule has 6 rings (SSSR count). The van der Waals surface area contributed by atoms with E-state index in [1.807, 2.05) is 25.1 Å². The van der Waals surface area contributed by atoms with Crippen LogP contribution in [-0.2, 0) is 11.3 Å². The third-order valence-electron chi connectivity index (χ3n) is 8.53. The van der Waals surface area contributed by atoms with E-state index in [1.54, 1.807) is 16.2 Å². The summed E-state index contributed by atoms with van der Waals surface area (Å²) in [6.07, 6.45) is 9.66. The van der Waals surface area contributed by atoms with E-state index >= 15 is 0 Å². The number of thiazole rings is 1. The van der Waals surface area contributed by atoms with Gasteiger partial charge in [0.15, 0.2) is 5.13 Å². The first-order valence-corrected chi connectivity index (χ1v) is 14.6. The van der Waals surface area contributed by atoms with E-state index in [0.717, 1.165) is 53.3 Å². The smallest absolute Gasteiger partial charge is 0.253 e. The molecule has 7 heteroatoms. The number of carbonyl (C=O) groups excluding carboxylic acids is 1. The number of amides is 1. The van der Waals surface area contributed by atoms with Gasteiger partial charge in [-0.1, -0.05) is 23.8 Å². The molecule has 1 aromatic heterocycles. The minimum atomic E-state index is -0.406. The lowest BCUT2D eigenvalue weighted by Gasteiger charge is -2.31. The fourth-order valence-corrected chi connectivity index (χ4v) is 7.27. The number of aliphatic hydroxyl groups is 1. The normalized spacial score (nSPS) is 27.4. The quantitative estimate of drug-likeness (QED) is 0.567. The lowest BCUT2D eigenvalue weighted by Crippen LogP contribution is -2.36. The molecule has 1 unspecified atom stereocenters. The predicted molar refractivity (Wildman–Crippen MR) is 148 cm³/mol. The number of rotatable bonds is 6. The summed E-state index contributed by atoms with van der Waals surface area (Å²) in [7, 11) is 0. The van der Waals surface area contributed by atoms with Crippen molar-refractivity contribution < 1.29 is 14.6 Å². The monoisotopic (exact) mass is 519 g/mol. The average molecular weight is 520 g/mol. The Labute approximate surface area is 223 Å². The summed E-state index contributed by atoms with van der Waals surface area (Å²) in [4.78, 5) is 22.1. The number of benzene rings is 1. The Balaban J connectivity index is 1.13. The third-order valence-corrected chi connectivity index (χ3v) is 9.43. The molecule has 0 spiro atoms. The molecule has 2 aliphatic carbocycles. The van der Waals surface area contributed by atoms with Crippen LogP contribution in [0, 0.1) is 18.8 Å². The van der Waals surface area contributed by atoms with Crippen LogP contribution < -0.4 is 4.90 Å². The lowest BCUT2D eigenvalue weighted by atomic mass is 9.95. The van der Waals surface area contributed by atoms with Crippen molar-refractivity contribution in [3.8, 4) is 0 Å². The molecule has 1 amide bonds. The highest BCUT2D eigenvalue weighted by Gasteiger charge is 2.34. The van der Waals surface area contributed by atoms with Gasteiger partial charge in [-0.2, -0.15) is 0 Å². The number of likely N-dealkylation sites (tertiary alicyclic amines) is 1. The van der Waals surface area contributed by atoms with Crippen LogP contribution >= 0.6 is 11.3 Å². The molecule has 2 aromatic rings. The van der Waals surface area contributed by atoms with Crippen LogP contribution in [0.5, 0.6) is 0 Å². The van der Waals surface area contributed by atoms with Crippen LogP contribution in [-0.4, -0.2) is 59.3 Å². The highest BCUT2D eigenvalue weighted by Crippen LogP contribution is 2.40. The number of allylic oxidation sites excluding steroid dienone is 2. The van der Waals surface area contributed by atoms with Gasteiger partial charge in [0, 0.05) is 42.7 Å². The van der Waals surface area contributed by atoms with Gasteiger partial charge < -0.3 is 19.6 Å². The van der Waals surface area contributed by atoms with Crippen molar-refractivity contribution in [1.82, 2.24) is 9.88 Å². The zero-order valence-electron chi connectivity index (χ0n) is 21.9. The molecular formula is C30H37N3O3S. The molecule has 2 bridgehead atoms. The molecule has 2 saturated heterocycles. The SMILES string of the molecule is CC1=CCC(OCc2ccc(C(=O)N3CC[C@H](O)C3)cc2C)C(c2csc(N3C[C@@H]4CC[C@@H](C4)C3)n2)=C1. The molecule has 3 fully saturated rings. The fraction of sp³-hybridized carbons (Fsp3) is 0.533. The molecule has 6 nitrogen and oxygen atoms in total. The highest BCUT2D eigenvalue weighted by molar-refractivity contribution is 7.13. The van der Waals surface area contributed by atoms with Crippen LogP contribution in [0.3, 0.4) is 0 Å². The second kappa shape index (κ2) is 10.4. The number of nitrogens with zero attached hydrogens (tertiary/aromatic N) is 3. The number of aromatic nitrogens is 1. The van der Waals surface area contributed by atoms with E-state index < -0.39 is 6.10 Å². The predicted octanol–water partition coefficient (Wildman–Crippen LogP) is 5.21. The molecule has 196 valence electrons. The molecule has 4 atom stereocenters. The standard InChI is InChI=1S/C30H37N3O3S/c1-19-3-8-28(26(11-19)27-18-37-30(31-27)33-14-21-4-5-22(13-21)15-33)36-17-24-7-6-23(12-20(24)2)29(35)32-10-9-25(34)16-32/h3,6-7,11-12,18,21-22,25,28,34H,4-5,8-10,13-17H2,1-2H3/t21-,22+,25-,28?/m0/s1. The summed E-state index contributed by atoms with van der Waals surface area (Å²) in [5.74, 6) is 1.67. The number of hydrogen-bond donors (Lipinski definition) is 1. The zero-order valence-corrected chi connectivity index (χ0v) is 22.7. The first-order chi connectivity index (χ1) is 17.9. The molecule has 4 aliphatic rings. The Hall–Kier alpha value is -2.48. The first-order valence-electron chi connectivity index (χ1n) is 13.7. The van der Waals surface area contributed by atoms with Crippen molar-refractivity contribution in [2.45, 2.75) is 64.8 Å². The second-order valence-corrected chi connectivity index (χ2v) is 12.2. The molecular weight excluding hydrogens is 482 g/mol. The van der Waals surface area contributed by atoms with E-state index in [9.17, 15) is 9.90 Å². The zero-order chi connectivity index (χ0) is 25.5. The highest BCUT2D eigenvalue weighted by atomic mass is 32.1. The van der Waals surface area contributed by atoms with Crippen molar-refractivity contribution in [1.29, 1.82) is 0 Å². The minimum absolute atomic E-state index is 0.00808. The molecule has 3 heterocycles. The summed E-state index contributed by atoms with van der Waals surface area (Å²) < 4.78 is 6.49. The largest absolute Gasteiger partial charge is 0.391 e. The summed E-state index contributed by atoms with van der Waals surface area (Å²) in [5.41, 5.74) is 6.28. The van der Waals surface area contributed by atoms with E-state index in [-0.39, 0.29) is 12.0 Å². The van der Waals surface area contributed by atoms with Crippen molar-refractivity contribution in [2.75, 3.05) is 31.1 Å². The number of piperidine rings is 1. The number of carbonyl (C=O) groups is 1. The van der Waals surface area contributed by atoms with Crippen molar-refractivity contribution >= 4 is 27.9 Å². The van der Waals surface area contributed by atoms with Crippen molar-refractivity contribution in [3.63, 3.8) is 0 Å². The summed E-state index contributed by atoms with van der Waals surface area (Å²) in [6.45, 7) is 8.01. The van der Waals surface area contributed by atoms with Crippen LogP contribution in [0.1, 0.15) is 66.2 Å². The van der Waals surface area contributed by atoms with Crippen molar-refractivity contribution in [3.05, 3.63) is 63.7 Å². The van der Waals surface area contributed by atoms with E-state index in [4.69, 9.17) is 9.72 Å². The Morgan fingerprint density at radius 2 is 1.97 bits per heavy atom. The van der Waals surface area contributed by atoms with Gasteiger partial charge in [-0.25, -0.2) is 4.98 Å².